The predicted octanol–water partition coefficient (Wildman–Crippen LogP) is 2.03. The van der Waals surface area contributed by atoms with E-state index in [1.807, 2.05) is 39.0 Å². The number of hydrogen-bond acceptors (Lipinski definition) is 7. The maximum atomic E-state index is 13.9. The minimum Gasteiger partial charge on any atom is -0.468 e. The summed E-state index contributed by atoms with van der Waals surface area (Å²) in [5.74, 6) is -2.47. The van der Waals surface area contributed by atoms with E-state index >= 15 is 0 Å². The topological polar surface area (TPSA) is 157 Å². The van der Waals surface area contributed by atoms with Crippen LogP contribution < -0.4 is 16.4 Å². The predicted molar refractivity (Wildman–Crippen MR) is 137 cm³/mol. The Labute approximate surface area is 218 Å². The molecule has 1 rings (SSSR count). The van der Waals surface area contributed by atoms with Gasteiger partial charge in [0.15, 0.2) is 0 Å². The van der Waals surface area contributed by atoms with Gasteiger partial charge in [0.25, 0.3) is 0 Å². The van der Waals surface area contributed by atoms with E-state index in [0.29, 0.717) is 12.0 Å². The number of methoxy groups -OCH3 is 1. The highest BCUT2D eigenvalue weighted by atomic mass is 16.6. The smallest absolute Gasteiger partial charge is 0.408 e. The number of aryl methyl sites for hydroxylation is 2. The second-order valence-corrected chi connectivity index (χ2v) is 9.74. The minimum absolute atomic E-state index is 0.0864. The summed E-state index contributed by atoms with van der Waals surface area (Å²) in [7, 11) is 1.20. The summed E-state index contributed by atoms with van der Waals surface area (Å²) < 4.78 is 9.93. The number of carbonyl (C=O) groups excluding carboxylic acids is 5. The van der Waals surface area contributed by atoms with Gasteiger partial charge in [-0.3, -0.25) is 19.2 Å². The van der Waals surface area contributed by atoms with Crippen molar-refractivity contribution in [3.63, 3.8) is 0 Å². The monoisotopic (exact) mass is 520 g/mol. The summed E-state index contributed by atoms with van der Waals surface area (Å²) in [6.07, 6.45) is -0.608. The number of benzene rings is 1. The second-order valence-electron chi connectivity index (χ2n) is 9.74. The molecule has 0 fully saturated rings. The van der Waals surface area contributed by atoms with Crippen molar-refractivity contribution in [2.24, 2.45) is 5.73 Å². The highest BCUT2D eigenvalue weighted by Gasteiger charge is 2.37. The maximum absolute atomic E-state index is 13.9. The third-order valence-electron chi connectivity index (χ3n) is 5.43. The normalized spacial score (nSPS) is 12.6. The molecule has 206 valence electrons. The lowest BCUT2D eigenvalue weighted by Crippen LogP contribution is -2.54. The second kappa shape index (κ2) is 14.2. The third-order valence-corrected chi connectivity index (χ3v) is 5.43. The lowest BCUT2D eigenvalue weighted by Gasteiger charge is -2.35. The van der Waals surface area contributed by atoms with Gasteiger partial charge in [0, 0.05) is 13.0 Å². The Morgan fingerprint density at radius 2 is 1.68 bits per heavy atom. The Hall–Kier alpha value is -3.63. The fourth-order valence-corrected chi connectivity index (χ4v) is 3.82. The van der Waals surface area contributed by atoms with Crippen molar-refractivity contribution in [3.05, 3.63) is 34.9 Å². The molecule has 0 spiro atoms. The number of amides is 4. The number of alkyl carbamates (subject to hydrolysis) is 1. The molecule has 0 aliphatic carbocycles. The number of ether oxygens (including phenoxy) is 2. The van der Waals surface area contributed by atoms with Gasteiger partial charge < -0.3 is 30.7 Å². The molecule has 0 heterocycles. The molecule has 1 aromatic rings. The van der Waals surface area contributed by atoms with Crippen LogP contribution in [0.3, 0.4) is 0 Å². The fraction of sp³-hybridized carbons (Fsp3) is 0.577. The quantitative estimate of drug-likeness (QED) is 0.356. The van der Waals surface area contributed by atoms with Crippen LogP contribution in [0.2, 0.25) is 0 Å². The number of esters is 1. The van der Waals surface area contributed by atoms with E-state index in [2.05, 4.69) is 15.4 Å². The van der Waals surface area contributed by atoms with Crippen molar-refractivity contribution < 1.29 is 33.4 Å². The molecule has 2 unspecified atom stereocenters. The molecule has 0 saturated heterocycles. The van der Waals surface area contributed by atoms with E-state index in [0.717, 1.165) is 11.1 Å². The van der Waals surface area contributed by atoms with Gasteiger partial charge in [-0.05, 0) is 64.2 Å². The van der Waals surface area contributed by atoms with Crippen molar-refractivity contribution >= 4 is 29.8 Å². The van der Waals surface area contributed by atoms with Crippen molar-refractivity contribution in [1.82, 2.24) is 15.5 Å². The molecule has 11 nitrogen and oxygen atoms in total. The van der Waals surface area contributed by atoms with Gasteiger partial charge in [0.2, 0.25) is 17.7 Å². The molecule has 11 heteroatoms. The number of rotatable bonds is 12. The van der Waals surface area contributed by atoms with Crippen LogP contribution in [0.25, 0.3) is 0 Å². The lowest BCUT2D eigenvalue weighted by molar-refractivity contribution is -0.144. The zero-order valence-electron chi connectivity index (χ0n) is 22.8. The summed E-state index contributed by atoms with van der Waals surface area (Å²) in [6, 6.07) is 3.18. The Bertz CT molecular complexity index is 967. The van der Waals surface area contributed by atoms with E-state index in [1.54, 1.807) is 20.8 Å². The van der Waals surface area contributed by atoms with Crippen LogP contribution in [0.5, 0.6) is 0 Å². The van der Waals surface area contributed by atoms with E-state index < -0.39 is 47.5 Å². The van der Waals surface area contributed by atoms with Gasteiger partial charge in [-0.25, -0.2) is 4.79 Å². The van der Waals surface area contributed by atoms with Gasteiger partial charge in [-0.15, -0.1) is 0 Å². The number of primary amides is 1. The Morgan fingerprint density at radius 1 is 1.08 bits per heavy atom. The van der Waals surface area contributed by atoms with Crippen LogP contribution in [-0.2, 0) is 28.7 Å². The van der Waals surface area contributed by atoms with E-state index in [4.69, 9.17) is 10.5 Å². The third kappa shape index (κ3) is 10.1. The van der Waals surface area contributed by atoms with Gasteiger partial charge in [-0.1, -0.05) is 25.1 Å². The first-order chi connectivity index (χ1) is 17.2. The van der Waals surface area contributed by atoms with Crippen molar-refractivity contribution in [2.45, 2.75) is 78.5 Å². The molecule has 37 heavy (non-hydrogen) atoms. The van der Waals surface area contributed by atoms with E-state index in [-0.39, 0.29) is 25.9 Å². The van der Waals surface area contributed by atoms with E-state index in [1.165, 1.54) is 12.0 Å². The molecule has 0 radical (unpaired) electrons. The molecule has 4 amide bonds. The summed E-state index contributed by atoms with van der Waals surface area (Å²) in [6.45, 7) is 10.3. The molecule has 0 bridgehead atoms. The number of nitrogens with two attached hydrogens (primary N) is 1. The average Bonchev–Trinajstić information content (AvgIpc) is 2.79. The molecular weight excluding hydrogens is 480 g/mol. The van der Waals surface area contributed by atoms with Crippen LogP contribution >= 0.6 is 0 Å². The van der Waals surface area contributed by atoms with Gasteiger partial charge in [0.1, 0.15) is 24.2 Å². The van der Waals surface area contributed by atoms with Crippen LogP contribution in [0.15, 0.2) is 18.2 Å². The fourth-order valence-electron chi connectivity index (χ4n) is 3.82. The summed E-state index contributed by atoms with van der Waals surface area (Å²) in [4.78, 5) is 64.5. The number of nitrogens with zero attached hydrogens (tertiary/aromatic N) is 1. The standard InChI is InChI=1S/C26H40N4O7/c1-8-14-30(24(34)18(12-13-19(27)31)29-25(35)37-26(4,5)6)22(23(33)28-15-20(32)36-7)21-16(2)10-9-11-17(21)3/h9-11,18,22H,8,12-15H2,1-7H3,(H2,27,31)(H,28,33)(H,29,35). The maximum Gasteiger partial charge on any atom is 0.408 e. The lowest BCUT2D eigenvalue weighted by atomic mass is 9.93. The van der Waals surface area contributed by atoms with Crippen LogP contribution in [0.4, 0.5) is 4.79 Å². The van der Waals surface area contributed by atoms with Gasteiger partial charge >= 0.3 is 12.1 Å². The zero-order chi connectivity index (χ0) is 28.3. The molecule has 0 aliphatic rings. The van der Waals surface area contributed by atoms with Crippen molar-refractivity contribution in [3.8, 4) is 0 Å². The van der Waals surface area contributed by atoms with Crippen LogP contribution in [0.1, 0.15) is 69.7 Å². The number of carbonyl (C=O) groups is 5. The average molecular weight is 521 g/mol. The first-order valence-electron chi connectivity index (χ1n) is 12.2. The van der Waals surface area contributed by atoms with Crippen molar-refractivity contribution in [2.75, 3.05) is 20.2 Å². The van der Waals surface area contributed by atoms with Gasteiger partial charge in [-0.2, -0.15) is 0 Å². The first-order valence-corrected chi connectivity index (χ1v) is 12.2. The number of hydrogen-bond donors (Lipinski definition) is 3. The Kier molecular flexibility index (Phi) is 12.0. The largest absolute Gasteiger partial charge is 0.468 e. The molecular formula is C26H40N4O7. The summed E-state index contributed by atoms with van der Waals surface area (Å²) in [5.41, 5.74) is 6.62. The molecule has 2 atom stereocenters. The van der Waals surface area contributed by atoms with Crippen molar-refractivity contribution in [1.29, 1.82) is 0 Å². The summed E-state index contributed by atoms with van der Waals surface area (Å²) in [5, 5.41) is 5.08. The highest BCUT2D eigenvalue weighted by Crippen LogP contribution is 2.29. The SMILES string of the molecule is CCCN(C(=O)C(CCC(N)=O)NC(=O)OC(C)(C)C)C(C(=O)NCC(=O)OC)c1c(C)cccc1C. The molecule has 4 N–H and O–H groups in total. The first kappa shape index (κ1) is 31.4. The molecule has 1 aromatic carbocycles. The Balaban J connectivity index is 3.53. The van der Waals surface area contributed by atoms with Crippen LogP contribution in [-0.4, -0.2) is 66.5 Å². The minimum atomic E-state index is -1.19. The van der Waals surface area contributed by atoms with E-state index in [9.17, 15) is 24.0 Å². The van der Waals surface area contributed by atoms with Gasteiger partial charge in [0.05, 0.1) is 7.11 Å². The number of nitrogens with one attached hydrogen (secondary N) is 2. The highest BCUT2D eigenvalue weighted by molar-refractivity contribution is 5.94. The molecule has 0 aliphatic heterocycles. The molecule has 0 saturated carbocycles. The van der Waals surface area contributed by atoms with Crippen LogP contribution in [0, 0.1) is 13.8 Å². The molecule has 0 aromatic heterocycles. The Morgan fingerprint density at radius 3 is 2.16 bits per heavy atom. The zero-order valence-corrected chi connectivity index (χ0v) is 22.8. The summed E-state index contributed by atoms with van der Waals surface area (Å²) >= 11 is 0.